The number of methoxy groups -OCH3 is 1. The van der Waals surface area contributed by atoms with Crippen molar-refractivity contribution >= 4 is 11.8 Å². The topological polar surface area (TPSA) is 84.3 Å². The van der Waals surface area contributed by atoms with Crippen molar-refractivity contribution in [1.29, 1.82) is 0 Å². The van der Waals surface area contributed by atoms with E-state index in [-0.39, 0.29) is 12.0 Å². The molecule has 1 aliphatic rings. The van der Waals surface area contributed by atoms with E-state index in [1.807, 2.05) is 0 Å². The first-order valence-electron chi connectivity index (χ1n) is 6.06. The summed E-state index contributed by atoms with van der Waals surface area (Å²) in [4.78, 5) is 19.4. The zero-order chi connectivity index (χ0) is 13.0. The average molecular weight is 251 g/mol. The van der Waals surface area contributed by atoms with E-state index in [1.165, 1.54) is 13.3 Å². The Morgan fingerprint density at radius 3 is 2.94 bits per heavy atom. The van der Waals surface area contributed by atoms with Gasteiger partial charge in [-0.3, -0.25) is 9.78 Å². The van der Waals surface area contributed by atoms with Gasteiger partial charge < -0.3 is 15.2 Å². The molecule has 1 saturated carbocycles. The molecule has 98 valence electrons. The Labute approximate surface area is 105 Å². The number of hydrogen-bond acceptors (Lipinski definition) is 5. The van der Waals surface area contributed by atoms with Gasteiger partial charge in [-0.2, -0.15) is 4.98 Å². The third-order valence-electron chi connectivity index (χ3n) is 3.24. The van der Waals surface area contributed by atoms with Gasteiger partial charge in [0.2, 0.25) is 5.88 Å². The van der Waals surface area contributed by atoms with Crippen LogP contribution in [0.4, 0.5) is 5.82 Å². The molecule has 1 aromatic rings. The monoisotopic (exact) mass is 251 g/mol. The molecule has 6 heteroatoms. The Morgan fingerprint density at radius 2 is 2.22 bits per heavy atom. The predicted molar refractivity (Wildman–Crippen MR) is 65.6 cm³/mol. The van der Waals surface area contributed by atoms with Crippen molar-refractivity contribution in [3.63, 3.8) is 0 Å². The van der Waals surface area contributed by atoms with Gasteiger partial charge in [0, 0.05) is 6.04 Å². The maximum Gasteiger partial charge on any atom is 0.308 e. The summed E-state index contributed by atoms with van der Waals surface area (Å²) in [6, 6.07) is -0.0855. The van der Waals surface area contributed by atoms with E-state index in [0.717, 1.165) is 19.3 Å². The highest BCUT2D eigenvalue weighted by Crippen LogP contribution is 2.27. The van der Waals surface area contributed by atoms with Gasteiger partial charge in [-0.25, -0.2) is 0 Å². The van der Waals surface area contributed by atoms with Crippen molar-refractivity contribution in [2.24, 2.45) is 5.92 Å². The lowest BCUT2D eigenvalue weighted by molar-refractivity contribution is -0.143. The van der Waals surface area contributed by atoms with Crippen LogP contribution in [0.2, 0.25) is 0 Å². The minimum Gasteiger partial charge on any atom is -0.481 e. The molecule has 1 aromatic heterocycles. The highest BCUT2D eigenvalue weighted by molar-refractivity contribution is 5.71. The number of carbonyl (C=O) groups is 1. The standard InChI is InChI=1S/C12H17N3O3/c1-18-11-7-13-6-10(15-11)14-9-5-3-2-4-8(9)12(16)17/h6-9H,2-5H2,1H3,(H,14,15)(H,16,17). The Morgan fingerprint density at radius 1 is 1.44 bits per heavy atom. The van der Waals surface area contributed by atoms with Crippen molar-refractivity contribution in [3.05, 3.63) is 12.4 Å². The summed E-state index contributed by atoms with van der Waals surface area (Å²) in [7, 11) is 1.52. The summed E-state index contributed by atoms with van der Waals surface area (Å²) in [5, 5.41) is 12.3. The minimum atomic E-state index is -0.747. The average Bonchev–Trinajstić information content (AvgIpc) is 2.39. The molecule has 0 saturated heterocycles. The second kappa shape index (κ2) is 5.66. The van der Waals surface area contributed by atoms with Gasteiger partial charge in [0.1, 0.15) is 5.82 Å². The number of aliphatic carboxylic acids is 1. The molecule has 1 heterocycles. The van der Waals surface area contributed by atoms with Crippen LogP contribution in [0.5, 0.6) is 5.88 Å². The van der Waals surface area contributed by atoms with Gasteiger partial charge in [-0.15, -0.1) is 0 Å². The van der Waals surface area contributed by atoms with Crippen LogP contribution in [0.1, 0.15) is 25.7 Å². The number of anilines is 1. The normalized spacial score (nSPS) is 23.4. The fraction of sp³-hybridized carbons (Fsp3) is 0.583. The summed E-state index contributed by atoms with van der Waals surface area (Å²) >= 11 is 0. The van der Waals surface area contributed by atoms with Gasteiger partial charge >= 0.3 is 5.97 Å². The minimum absolute atomic E-state index is 0.0855. The molecule has 0 amide bonds. The van der Waals surface area contributed by atoms with E-state index in [4.69, 9.17) is 4.74 Å². The number of hydrogen-bond donors (Lipinski definition) is 2. The lowest BCUT2D eigenvalue weighted by atomic mass is 9.84. The zero-order valence-electron chi connectivity index (χ0n) is 10.3. The maximum atomic E-state index is 11.2. The molecule has 0 radical (unpaired) electrons. The number of aromatic nitrogens is 2. The summed E-state index contributed by atoms with van der Waals surface area (Å²) in [5.74, 6) is -0.120. The first-order valence-corrected chi connectivity index (χ1v) is 6.06. The molecule has 0 aromatic carbocycles. The Hall–Kier alpha value is -1.85. The van der Waals surface area contributed by atoms with Crippen LogP contribution in [0.25, 0.3) is 0 Å². The predicted octanol–water partition coefficient (Wildman–Crippen LogP) is 1.54. The van der Waals surface area contributed by atoms with Crippen LogP contribution in [-0.2, 0) is 4.79 Å². The lowest BCUT2D eigenvalue weighted by Crippen LogP contribution is -2.37. The molecule has 2 unspecified atom stereocenters. The van der Waals surface area contributed by atoms with Crippen LogP contribution in [0, 0.1) is 5.92 Å². The van der Waals surface area contributed by atoms with E-state index in [2.05, 4.69) is 15.3 Å². The largest absolute Gasteiger partial charge is 0.481 e. The Balaban J connectivity index is 2.08. The number of nitrogens with zero attached hydrogens (tertiary/aromatic N) is 2. The molecule has 0 spiro atoms. The third-order valence-corrected chi connectivity index (χ3v) is 3.24. The fourth-order valence-corrected chi connectivity index (χ4v) is 2.31. The summed E-state index contributed by atoms with van der Waals surface area (Å²) in [6.45, 7) is 0. The van der Waals surface area contributed by atoms with E-state index >= 15 is 0 Å². The Bertz CT molecular complexity index is 425. The molecular formula is C12H17N3O3. The maximum absolute atomic E-state index is 11.2. The molecule has 0 aliphatic heterocycles. The van der Waals surface area contributed by atoms with E-state index < -0.39 is 5.97 Å². The molecule has 18 heavy (non-hydrogen) atoms. The molecule has 0 bridgehead atoms. The second-order valence-corrected chi connectivity index (χ2v) is 4.43. The summed E-state index contributed by atoms with van der Waals surface area (Å²) in [6.07, 6.45) is 6.66. The highest BCUT2D eigenvalue weighted by Gasteiger charge is 2.30. The number of nitrogens with one attached hydrogen (secondary N) is 1. The van der Waals surface area contributed by atoms with Crippen LogP contribution in [-0.4, -0.2) is 34.2 Å². The quantitative estimate of drug-likeness (QED) is 0.844. The number of ether oxygens (including phenoxy) is 1. The van der Waals surface area contributed by atoms with Crippen molar-refractivity contribution in [2.45, 2.75) is 31.7 Å². The van der Waals surface area contributed by atoms with E-state index in [0.29, 0.717) is 18.1 Å². The van der Waals surface area contributed by atoms with Gasteiger partial charge in [-0.1, -0.05) is 12.8 Å². The first kappa shape index (κ1) is 12.6. The number of carboxylic acids is 1. The highest BCUT2D eigenvalue weighted by atomic mass is 16.5. The van der Waals surface area contributed by atoms with Crippen LogP contribution < -0.4 is 10.1 Å². The lowest BCUT2D eigenvalue weighted by Gasteiger charge is -2.29. The van der Waals surface area contributed by atoms with E-state index in [9.17, 15) is 9.90 Å². The number of rotatable bonds is 4. The van der Waals surface area contributed by atoms with Crippen molar-refractivity contribution in [3.8, 4) is 5.88 Å². The molecule has 2 rings (SSSR count). The summed E-state index contributed by atoms with van der Waals surface area (Å²) in [5.41, 5.74) is 0. The molecular weight excluding hydrogens is 234 g/mol. The van der Waals surface area contributed by atoms with Crippen molar-refractivity contribution in [1.82, 2.24) is 9.97 Å². The van der Waals surface area contributed by atoms with Gasteiger partial charge in [-0.05, 0) is 12.8 Å². The zero-order valence-corrected chi connectivity index (χ0v) is 10.3. The fourth-order valence-electron chi connectivity index (χ4n) is 2.31. The SMILES string of the molecule is COc1cncc(NC2CCCCC2C(=O)O)n1. The molecule has 6 nitrogen and oxygen atoms in total. The van der Waals surface area contributed by atoms with Crippen molar-refractivity contribution in [2.75, 3.05) is 12.4 Å². The summed E-state index contributed by atoms with van der Waals surface area (Å²) < 4.78 is 4.99. The number of carboxylic acid groups (broad SMARTS) is 1. The van der Waals surface area contributed by atoms with Crippen LogP contribution in [0.15, 0.2) is 12.4 Å². The van der Waals surface area contributed by atoms with Crippen LogP contribution in [0.3, 0.4) is 0 Å². The second-order valence-electron chi connectivity index (χ2n) is 4.43. The van der Waals surface area contributed by atoms with Gasteiger partial charge in [0.15, 0.2) is 0 Å². The first-order chi connectivity index (χ1) is 8.70. The molecule has 1 fully saturated rings. The van der Waals surface area contributed by atoms with Gasteiger partial charge in [0.05, 0.1) is 25.4 Å². The Kier molecular flexibility index (Phi) is 3.96. The molecule has 2 N–H and O–H groups in total. The van der Waals surface area contributed by atoms with Crippen molar-refractivity contribution < 1.29 is 14.6 Å². The van der Waals surface area contributed by atoms with Gasteiger partial charge in [0.25, 0.3) is 0 Å². The third kappa shape index (κ3) is 2.88. The van der Waals surface area contributed by atoms with E-state index in [1.54, 1.807) is 6.20 Å². The smallest absolute Gasteiger partial charge is 0.308 e. The molecule has 1 aliphatic carbocycles. The molecule has 2 atom stereocenters. The van der Waals surface area contributed by atoms with Crippen LogP contribution >= 0.6 is 0 Å².